The first-order valence-corrected chi connectivity index (χ1v) is 12.7. The molecule has 2 N–H and O–H groups in total. The second-order valence-corrected chi connectivity index (χ2v) is 9.96. The summed E-state index contributed by atoms with van der Waals surface area (Å²) in [6.45, 7) is 15.4. The maximum atomic E-state index is 13.4. The Morgan fingerprint density at radius 2 is 1.62 bits per heavy atom. The minimum Gasteiger partial charge on any atom is -0.463 e. The van der Waals surface area contributed by atoms with Crippen LogP contribution in [-0.4, -0.2) is 49.3 Å². The average Bonchev–Trinajstić information content (AvgIpc) is 2.80. The molecule has 1 aromatic carbocycles. The van der Waals surface area contributed by atoms with Crippen LogP contribution < -0.4 is 10.6 Å². The first-order valence-electron chi connectivity index (χ1n) is 12.7. The summed E-state index contributed by atoms with van der Waals surface area (Å²) in [4.78, 5) is 39.0. The van der Waals surface area contributed by atoms with E-state index in [-0.39, 0.29) is 19.3 Å². The van der Waals surface area contributed by atoms with Crippen molar-refractivity contribution >= 4 is 24.0 Å². The van der Waals surface area contributed by atoms with Crippen LogP contribution in [0, 0.1) is 0 Å². The van der Waals surface area contributed by atoms with Gasteiger partial charge < -0.3 is 24.8 Å². The van der Waals surface area contributed by atoms with Crippen LogP contribution in [0.3, 0.4) is 0 Å². The molecule has 1 aliphatic heterocycles. The van der Waals surface area contributed by atoms with Crippen LogP contribution in [0.25, 0.3) is 6.08 Å². The normalized spacial score (nSPS) is 16.2. The van der Waals surface area contributed by atoms with Crippen molar-refractivity contribution in [1.82, 2.24) is 10.6 Å². The summed E-state index contributed by atoms with van der Waals surface area (Å²) in [5, 5.41) is 6.59. The molecule has 0 saturated heterocycles. The second kappa shape index (κ2) is 13.2. The molecule has 1 heterocycles. The van der Waals surface area contributed by atoms with Crippen LogP contribution in [0.15, 0.2) is 52.9 Å². The number of allylic oxidation sites excluding steroid dienone is 1. The van der Waals surface area contributed by atoms with Gasteiger partial charge in [-0.15, -0.1) is 0 Å². The van der Waals surface area contributed by atoms with Crippen molar-refractivity contribution in [2.24, 2.45) is 0 Å². The lowest BCUT2D eigenvalue weighted by atomic mass is 9.78. The molecule has 0 radical (unpaired) electrons. The standard InChI is InChI=1S/C29H40N2O6/c1-9-35-27(33)24-19(5)31-22(17-30-18(3)4)26(28(34)36-10-2)25(24)21-14-12-11-13-20(21)15-16-23(32)37-29(6,7)8/h11-16,18,25,30-31H,9-10,17H2,1-8H3. The van der Waals surface area contributed by atoms with E-state index in [0.717, 1.165) is 0 Å². The first kappa shape index (κ1) is 29.8. The van der Waals surface area contributed by atoms with Crippen LogP contribution in [0.5, 0.6) is 0 Å². The lowest BCUT2D eigenvalue weighted by molar-refractivity contribution is -0.148. The molecule has 0 saturated carbocycles. The third kappa shape index (κ3) is 8.32. The summed E-state index contributed by atoms with van der Waals surface area (Å²) in [6, 6.07) is 7.48. The third-order valence-corrected chi connectivity index (χ3v) is 5.44. The Balaban J connectivity index is 2.74. The molecular weight excluding hydrogens is 472 g/mol. The second-order valence-electron chi connectivity index (χ2n) is 9.96. The van der Waals surface area contributed by atoms with Gasteiger partial charge in [-0.2, -0.15) is 0 Å². The monoisotopic (exact) mass is 512 g/mol. The van der Waals surface area contributed by atoms with Crippen LogP contribution in [0.4, 0.5) is 0 Å². The van der Waals surface area contributed by atoms with Crippen LogP contribution in [0.2, 0.25) is 0 Å². The molecule has 1 aromatic rings. The maximum absolute atomic E-state index is 13.4. The predicted molar refractivity (Wildman–Crippen MR) is 143 cm³/mol. The van der Waals surface area contributed by atoms with Gasteiger partial charge in [-0.1, -0.05) is 38.1 Å². The Morgan fingerprint density at radius 1 is 1.03 bits per heavy atom. The van der Waals surface area contributed by atoms with Gasteiger partial charge in [0, 0.05) is 30.1 Å². The smallest absolute Gasteiger partial charge is 0.336 e. The van der Waals surface area contributed by atoms with Gasteiger partial charge in [-0.25, -0.2) is 14.4 Å². The molecule has 0 spiro atoms. The molecule has 0 fully saturated rings. The van der Waals surface area contributed by atoms with E-state index in [1.54, 1.807) is 47.6 Å². The number of carbonyl (C=O) groups is 3. The number of rotatable bonds is 10. The van der Waals surface area contributed by atoms with E-state index < -0.39 is 29.4 Å². The fourth-order valence-corrected chi connectivity index (χ4v) is 4.00. The minimum absolute atomic E-state index is 0.163. The molecule has 0 bridgehead atoms. The number of dihydropyridines is 1. The quantitative estimate of drug-likeness (QED) is 0.271. The highest BCUT2D eigenvalue weighted by atomic mass is 16.6. The molecule has 0 amide bonds. The predicted octanol–water partition coefficient (Wildman–Crippen LogP) is 4.38. The topological polar surface area (TPSA) is 103 Å². The highest BCUT2D eigenvalue weighted by Gasteiger charge is 2.39. The Morgan fingerprint density at radius 3 is 2.19 bits per heavy atom. The number of hydrogen-bond donors (Lipinski definition) is 2. The molecule has 37 heavy (non-hydrogen) atoms. The van der Waals surface area contributed by atoms with Crippen molar-refractivity contribution in [3.8, 4) is 0 Å². The van der Waals surface area contributed by atoms with E-state index in [0.29, 0.717) is 40.2 Å². The summed E-state index contributed by atoms with van der Waals surface area (Å²) in [5.74, 6) is -2.32. The molecule has 1 atom stereocenters. The first-order chi connectivity index (χ1) is 17.4. The molecule has 0 aliphatic carbocycles. The van der Waals surface area contributed by atoms with E-state index in [2.05, 4.69) is 10.6 Å². The van der Waals surface area contributed by atoms with Gasteiger partial charge in [0.05, 0.1) is 30.3 Å². The van der Waals surface area contributed by atoms with Crippen molar-refractivity contribution in [2.75, 3.05) is 19.8 Å². The van der Waals surface area contributed by atoms with Gasteiger partial charge in [-0.05, 0) is 58.7 Å². The van der Waals surface area contributed by atoms with E-state index in [1.165, 1.54) is 6.08 Å². The molecule has 8 nitrogen and oxygen atoms in total. The zero-order valence-electron chi connectivity index (χ0n) is 23.2. The van der Waals surface area contributed by atoms with Gasteiger partial charge in [0.15, 0.2) is 0 Å². The summed E-state index contributed by atoms with van der Waals surface area (Å²) in [7, 11) is 0. The van der Waals surface area contributed by atoms with E-state index in [9.17, 15) is 14.4 Å². The number of benzene rings is 1. The fraction of sp³-hybridized carbons (Fsp3) is 0.483. The Bertz CT molecular complexity index is 1090. The third-order valence-electron chi connectivity index (χ3n) is 5.44. The largest absolute Gasteiger partial charge is 0.463 e. The van der Waals surface area contributed by atoms with Gasteiger partial charge in [0.2, 0.25) is 0 Å². The number of ether oxygens (including phenoxy) is 3. The van der Waals surface area contributed by atoms with Crippen LogP contribution in [-0.2, 0) is 28.6 Å². The maximum Gasteiger partial charge on any atom is 0.336 e. The minimum atomic E-state index is -0.775. The molecule has 202 valence electrons. The zero-order chi connectivity index (χ0) is 27.8. The number of hydrogen-bond acceptors (Lipinski definition) is 8. The SMILES string of the molecule is CCOC(=O)C1=C(C)NC(CNC(C)C)=C(C(=O)OCC)C1c1ccccc1C=CC(=O)OC(C)(C)C. The van der Waals surface area contributed by atoms with Crippen LogP contribution >= 0.6 is 0 Å². The van der Waals surface area contributed by atoms with Crippen molar-refractivity contribution < 1.29 is 28.6 Å². The van der Waals surface area contributed by atoms with Crippen molar-refractivity contribution in [3.05, 3.63) is 64.0 Å². The van der Waals surface area contributed by atoms with Crippen molar-refractivity contribution in [2.45, 2.75) is 73.0 Å². The highest BCUT2D eigenvalue weighted by Crippen LogP contribution is 2.41. The lowest BCUT2D eigenvalue weighted by Crippen LogP contribution is -2.38. The average molecular weight is 513 g/mol. The number of esters is 3. The van der Waals surface area contributed by atoms with E-state index in [4.69, 9.17) is 14.2 Å². The van der Waals surface area contributed by atoms with E-state index in [1.807, 2.05) is 38.1 Å². The van der Waals surface area contributed by atoms with Gasteiger partial charge in [-0.3, -0.25) is 0 Å². The molecule has 1 unspecified atom stereocenters. The Labute approximate surface area is 220 Å². The molecule has 0 aromatic heterocycles. The summed E-state index contributed by atoms with van der Waals surface area (Å²) in [5.41, 5.74) is 2.53. The number of nitrogens with one attached hydrogen (secondary N) is 2. The Hall–Kier alpha value is -3.39. The van der Waals surface area contributed by atoms with Gasteiger partial charge in [0.25, 0.3) is 0 Å². The molecule has 8 heteroatoms. The summed E-state index contributed by atoms with van der Waals surface area (Å²) >= 11 is 0. The number of carbonyl (C=O) groups excluding carboxylic acids is 3. The highest BCUT2D eigenvalue weighted by molar-refractivity contribution is 6.00. The molecule has 2 rings (SSSR count). The summed E-state index contributed by atoms with van der Waals surface area (Å²) < 4.78 is 16.3. The summed E-state index contributed by atoms with van der Waals surface area (Å²) in [6.07, 6.45) is 2.99. The van der Waals surface area contributed by atoms with Crippen LogP contribution in [0.1, 0.15) is 72.4 Å². The Kier molecular flexibility index (Phi) is 10.7. The zero-order valence-corrected chi connectivity index (χ0v) is 23.2. The van der Waals surface area contributed by atoms with Crippen molar-refractivity contribution in [1.29, 1.82) is 0 Å². The van der Waals surface area contributed by atoms with Gasteiger partial charge in [0.1, 0.15) is 5.60 Å². The lowest BCUT2D eigenvalue weighted by Gasteiger charge is -2.32. The van der Waals surface area contributed by atoms with E-state index >= 15 is 0 Å². The van der Waals surface area contributed by atoms with Crippen molar-refractivity contribution in [3.63, 3.8) is 0 Å². The molecule has 1 aliphatic rings. The molecular formula is C29H40N2O6. The van der Waals surface area contributed by atoms with Gasteiger partial charge >= 0.3 is 17.9 Å². The fourth-order valence-electron chi connectivity index (χ4n) is 4.00.